The number of amides is 2. The van der Waals surface area contributed by atoms with E-state index in [1.165, 1.54) is 4.90 Å². The van der Waals surface area contributed by atoms with Crippen LogP contribution in [0.2, 0.25) is 5.02 Å². The van der Waals surface area contributed by atoms with Crippen LogP contribution in [0.25, 0.3) is 0 Å². The van der Waals surface area contributed by atoms with Gasteiger partial charge in [0.1, 0.15) is 6.04 Å². The molecule has 2 amide bonds. The fraction of sp³-hybridized carbons (Fsp3) is 0.286. The average molecular weight is 393 g/mol. The maximum absolute atomic E-state index is 13.4. The molecule has 0 spiro atoms. The van der Waals surface area contributed by atoms with Gasteiger partial charge in [-0.1, -0.05) is 23.7 Å². The Morgan fingerprint density at radius 1 is 0.893 bits per heavy atom. The topological polar surface area (TPSA) is 67.7 Å². The second-order valence-electron chi connectivity index (χ2n) is 7.32. The molecular formula is C21H17ClN4O2. The van der Waals surface area contributed by atoms with Crippen LogP contribution in [0.1, 0.15) is 23.6 Å². The van der Waals surface area contributed by atoms with Crippen molar-refractivity contribution >= 4 is 29.1 Å². The Balaban J connectivity index is 1.56. The molecule has 28 heavy (non-hydrogen) atoms. The minimum Gasteiger partial charge on any atom is -0.274 e. The largest absolute Gasteiger partial charge is 0.274 e. The van der Waals surface area contributed by atoms with E-state index in [1.54, 1.807) is 24.3 Å². The van der Waals surface area contributed by atoms with Gasteiger partial charge in [0, 0.05) is 18.1 Å². The van der Waals surface area contributed by atoms with Gasteiger partial charge < -0.3 is 0 Å². The highest BCUT2D eigenvalue weighted by molar-refractivity contribution is 6.30. The van der Waals surface area contributed by atoms with Crippen molar-refractivity contribution in [1.82, 2.24) is 10.0 Å². The minimum atomic E-state index is -0.480. The third-order valence-electron chi connectivity index (χ3n) is 5.87. The van der Waals surface area contributed by atoms with Crippen molar-refractivity contribution in [3.63, 3.8) is 0 Å². The molecule has 140 valence electrons. The van der Waals surface area contributed by atoms with Crippen molar-refractivity contribution in [3.05, 3.63) is 64.7 Å². The number of nitrogens with zero attached hydrogens (tertiary/aromatic N) is 4. The highest BCUT2D eigenvalue weighted by Gasteiger charge is 2.62. The van der Waals surface area contributed by atoms with E-state index in [0.29, 0.717) is 16.3 Å². The van der Waals surface area contributed by atoms with E-state index in [2.05, 4.69) is 16.1 Å². The van der Waals surface area contributed by atoms with E-state index in [9.17, 15) is 9.59 Å². The smallest absolute Gasteiger partial charge is 0.253 e. The van der Waals surface area contributed by atoms with Gasteiger partial charge in [-0.2, -0.15) is 5.26 Å². The average Bonchev–Trinajstić information content (AvgIpc) is 3.35. The van der Waals surface area contributed by atoms with E-state index < -0.39 is 12.0 Å². The van der Waals surface area contributed by atoms with Crippen molar-refractivity contribution < 1.29 is 9.59 Å². The Kier molecular flexibility index (Phi) is 3.98. The van der Waals surface area contributed by atoms with Crippen molar-refractivity contribution in [2.24, 2.45) is 5.92 Å². The zero-order chi connectivity index (χ0) is 19.4. The van der Waals surface area contributed by atoms with Crippen LogP contribution in [0.15, 0.2) is 48.5 Å². The number of hydrogen-bond acceptors (Lipinski definition) is 5. The summed E-state index contributed by atoms with van der Waals surface area (Å²) < 4.78 is 0. The molecule has 3 aliphatic rings. The lowest BCUT2D eigenvalue weighted by Crippen LogP contribution is -2.44. The van der Waals surface area contributed by atoms with E-state index in [4.69, 9.17) is 16.9 Å². The fourth-order valence-corrected chi connectivity index (χ4v) is 4.84. The number of fused-ring (bicyclic) bond motifs is 3. The summed E-state index contributed by atoms with van der Waals surface area (Å²) in [5.74, 6) is -0.832. The number of halogens is 1. The van der Waals surface area contributed by atoms with Gasteiger partial charge in [0.05, 0.1) is 29.3 Å². The second-order valence-corrected chi connectivity index (χ2v) is 7.75. The molecule has 0 bridgehead atoms. The van der Waals surface area contributed by atoms with Crippen molar-refractivity contribution in [3.8, 4) is 6.07 Å². The normalized spacial score (nSPS) is 27.1. The Bertz CT molecular complexity index is 999. The zero-order valence-corrected chi connectivity index (χ0v) is 15.7. The summed E-state index contributed by atoms with van der Waals surface area (Å²) in [4.78, 5) is 28.0. The van der Waals surface area contributed by atoms with Gasteiger partial charge in [0.15, 0.2) is 0 Å². The van der Waals surface area contributed by atoms with Gasteiger partial charge in [-0.3, -0.25) is 9.59 Å². The van der Waals surface area contributed by atoms with Crippen LogP contribution in [-0.2, 0) is 9.59 Å². The summed E-state index contributed by atoms with van der Waals surface area (Å²) in [6.07, 6.45) is 0.964. The van der Waals surface area contributed by atoms with E-state index in [-0.39, 0.29) is 17.9 Å². The lowest BCUT2D eigenvalue weighted by molar-refractivity contribution is -0.126. The number of carbonyl (C=O) groups excluding carboxylic acids is 2. The van der Waals surface area contributed by atoms with Crippen molar-refractivity contribution in [2.45, 2.75) is 18.5 Å². The quantitative estimate of drug-likeness (QED) is 0.735. The first kappa shape index (κ1) is 17.4. The van der Waals surface area contributed by atoms with Crippen LogP contribution in [-0.4, -0.2) is 41.0 Å². The number of carbonyl (C=O) groups is 2. The summed E-state index contributed by atoms with van der Waals surface area (Å²) in [6, 6.07) is 15.5. The van der Waals surface area contributed by atoms with Crippen LogP contribution in [0, 0.1) is 17.2 Å². The van der Waals surface area contributed by atoms with Crippen LogP contribution < -0.4 is 4.90 Å². The molecule has 0 radical (unpaired) electrons. The number of hydrazine groups is 1. The monoisotopic (exact) mass is 392 g/mol. The predicted octanol–water partition coefficient (Wildman–Crippen LogP) is 2.75. The van der Waals surface area contributed by atoms with Crippen molar-refractivity contribution in [1.29, 1.82) is 5.26 Å². The molecule has 0 unspecified atom stereocenters. The lowest BCUT2D eigenvalue weighted by atomic mass is 9.90. The number of rotatable bonds is 2. The maximum atomic E-state index is 13.4. The van der Waals surface area contributed by atoms with Gasteiger partial charge in [0.2, 0.25) is 5.91 Å². The molecule has 0 aromatic heterocycles. The third kappa shape index (κ3) is 2.41. The molecule has 3 heterocycles. The number of hydrogen-bond donors (Lipinski definition) is 0. The molecule has 3 aliphatic heterocycles. The van der Waals surface area contributed by atoms with Gasteiger partial charge in [0.25, 0.3) is 5.91 Å². The SMILES string of the molecule is N#Cc1ccc(N2C(=O)[C@@H]3[C@@H](c4ccc(Cl)cc4)N4CCCN4[C@H]3C2=O)cc1. The first-order chi connectivity index (χ1) is 13.6. The second kappa shape index (κ2) is 6.42. The van der Waals surface area contributed by atoms with Gasteiger partial charge in [-0.05, 0) is 48.4 Å². The summed E-state index contributed by atoms with van der Waals surface area (Å²) in [7, 11) is 0. The van der Waals surface area contributed by atoms with Crippen molar-refractivity contribution in [2.75, 3.05) is 18.0 Å². The van der Waals surface area contributed by atoms with Gasteiger partial charge >= 0.3 is 0 Å². The molecule has 7 heteroatoms. The Labute approximate surface area is 167 Å². The molecule has 3 saturated heterocycles. The van der Waals surface area contributed by atoms with Crippen LogP contribution in [0.4, 0.5) is 5.69 Å². The number of imide groups is 1. The molecular weight excluding hydrogens is 376 g/mol. The van der Waals surface area contributed by atoms with Gasteiger partial charge in [-0.25, -0.2) is 14.9 Å². The molecule has 3 fully saturated rings. The molecule has 5 rings (SSSR count). The van der Waals surface area contributed by atoms with Crippen LogP contribution in [0.5, 0.6) is 0 Å². The molecule has 3 atom stereocenters. The Hall–Kier alpha value is -2.72. The minimum absolute atomic E-state index is 0.176. The number of nitriles is 1. The molecule has 6 nitrogen and oxygen atoms in total. The zero-order valence-electron chi connectivity index (χ0n) is 15.0. The summed E-state index contributed by atoms with van der Waals surface area (Å²) in [5.41, 5.74) is 2.00. The molecule has 0 aliphatic carbocycles. The molecule has 2 aromatic rings. The standard InChI is InChI=1S/C21H17ClN4O2/c22-15-6-4-14(5-7-15)18-17-19(25-11-1-10-24(18)25)21(28)26(20(17)27)16-8-2-13(12-23)3-9-16/h2-9,17-19H,1,10-11H2/t17-,18-,19-/m1/s1. The summed E-state index contributed by atoms with van der Waals surface area (Å²) in [5, 5.41) is 13.9. The predicted molar refractivity (Wildman–Crippen MR) is 103 cm³/mol. The number of anilines is 1. The highest BCUT2D eigenvalue weighted by Crippen LogP contribution is 2.48. The Morgan fingerprint density at radius 3 is 2.18 bits per heavy atom. The van der Waals surface area contributed by atoms with E-state index in [1.807, 2.05) is 24.3 Å². The van der Waals surface area contributed by atoms with Gasteiger partial charge in [-0.15, -0.1) is 0 Å². The molecule has 0 N–H and O–H groups in total. The van der Waals surface area contributed by atoms with Crippen LogP contribution >= 0.6 is 11.6 Å². The number of benzene rings is 2. The molecule has 0 saturated carbocycles. The summed E-state index contributed by atoms with van der Waals surface area (Å²) >= 11 is 6.04. The maximum Gasteiger partial charge on any atom is 0.253 e. The lowest BCUT2D eigenvalue weighted by Gasteiger charge is -2.29. The Morgan fingerprint density at radius 2 is 1.54 bits per heavy atom. The molecule has 2 aromatic carbocycles. The first-order valence-corrected chi connectivity index (χ1v) is 9.64. The third-order valence-corrected chi connectivity index (χ3v) is 6.12. The summed E-state index contributed by atoms with van der Waals surface area (Å²) in [6.45, 7) is 1.60. The fourth-order valence-electron chi connectivity index (χ4n) is 4.71. The first-order valence-electron chi connectivity index (χ1n) is 9.27. The van der Waals surface area contributed by atoms with Crippen LogP contribution in [0.3, 0.4) is 0 Å². The van der Waals surface area contributed by atoms with E-state index in [0.717, 1.165) is 25.1 Å². The highest BCUT2D eigenvalue weighted by atomic mass is 35.5. The van der Waals surface area contributed by atoms with E-state index >= 15 is 0 Å².